The molecule has 1 aliphatic rings. The molecule has 3 aromatic rings. The molecule has 33 heavy (non-hydrogen) atoms. The summed E-state index contributed by atoms with van der Waals surface area (Å²) in [7, 11) is -2.90. The van der Waals surface area contributed by atoms with Crippen LogP contribution in [-0.2, 0) is 11.3 Å². The van der Waals surface area contributed by atoms with Crippen LogP contribution in [0.2, 0.25) is 0 Å². The fraction of sp³-hybridized carbons (Fsp3) is 0.304. The van der Waals surface area contributed by atoms with Crippen molar-refractivity contribution in [2.24, 2.45) is 5.11 Å². The van der Waals surface area contributed by atoms with Crippen molar-refractivity contribution in [3.8, 4) is 0 Å². The highest BCUT2D eigenvalue weighted by molar-refractivity contribution is 8.24. The molecule has 2 heterocycles. The molecule has 0 aliphatic carbocycles. The van der Waals surface area contributed by atoms with Gasteiger partial charge in [0.15, 0.2) is 0 Å². The quantitative estimate of drug-likeness (QED) is 0.318. The lowest BCUT2D eigenvalue weighted by Gasteiger charge is -2.32. The molecule has 1 aliphatic heterocycles. The van der Waals surface area contributed by atoms with E-state index >= 15 is 0 Å². The second-order valence-electron chi connectivity index (χ2n) is 8.66. The predicted octanol–water partition coefficient (Wildman–Crippen LogP) is 4.94. The molecule has 4 N–H and O–H groups in total. The molecule has 10 heteroatoms. The summed E-state index contributed by atoms with van der Waals surface area (Å²) in [6, 6.07) is 15.0. The van der Waals surface area contributed by atoms with E-state index < -0.39 is 22.0 Å². The van der Waals surface area contributed by atoms with Crippen LogP contribution in [0.25, 0.3) is 10.9 Å². The van der Waals surface area contributed by atoms with Crippen molar-refractivity contribution >= 4 is 38.9 Å². The van der Waals surface area contributed by atoms with Crippen molar-refractivity contribution in [2.45, 2.75) is 37.8 Å². The number of aromatic nitrogens is 1. The third-order valence-corrected chi connectivity index (χ3v) is 7.56. The van der Waals surface area contributed by atoms with Crippen molar-refractivity contribution in [3.05, 3.63) is 59.7 Å². The number of nitrogens with zero attached hydrogens (tertiary/aromatic N) is 4. The van der Waals surface area contributed by atoms with Gasteiger partial charge in [-0.3, -0.25) is 13.9 Å². The van der Waals surface area contributed by atoms with Crippen LogP contribution in [0.5, 0.6) is 0 Å². The van der Waals surface area contributed by atoms with E-state index in [2.05, 4.69) is 15.3 Å². The highest BCUT2D eigenvalue weighted by atomic mass is 32.3. The fourth-order valence-electron chi connectivity index (χ4n) is 3.82. The Morgan fingerprint density at radius 1 is 1.24 bits per heavy atom. The summed E-state index contributed by atoms with van der Waals surface area (Å²) in [5, 5.41) is 7.43. The first-order chi connectivity index (χ1) is 15.6. The van der Waals surface area contributed by atoms with Crippen LogP contribution in [0.3, 0.4) is 0 Å². The Hall–Kier alpha value is -3.30. The molecule has 0 radical (unpaired) electrons. The molecule has 0 atom stereocenters. The van der Waals surface area contributed by atoms with Gasteiger partial charge in [-0.1, -0.05) is 29.8 Å². The highest BCUT2D eigenvalue weighted by Gasteiger charge is 2.34. The number of benzene rings is 2. The van der Waals surface area contributed by atoms with Gasteiger partial charge in [0.1, 0.15) is 16.5 Å². The van der Waals surface area contributed by atoms with E-state index in [0.717, 1.165) is 16.5 Å². The van der Waals surface area contributed by atoms with Crippen LogP contribution in [-0.4, -0.2) is 37.8 Å². The van der Waals surface area contributed by atoms with Gasteiger partial charge in [0.25, 0.3) is 5.91 Å². The number of fused-ring (bicyclic) bond motifs is 2. The minimum absolute atomic E-state index is 0.191. The Balaban J connectivity index is 1.79. The molecule has 172 valence electrons. The Morgan fingerprint density at radius 3 is 2.76 bits per heavy atom. The molecule has 0 fully saturated rings. The van der Waals surface area contributed by atoms with Crippen molar-refractivity contribution in [3.63, 3.8) is 0 Å². The first-order valence-corrected chi connectivity index (χ1v) is 12.2. The van der Waals surface area contributed by atoms with Crippen molar-refractivity contribution < 1.29 is 13.9 Å². The average molecular weight is 468 g/mol. The highest BCUT2D eigenvalue weighted by Crippen LogP contribution is 2.51. The number of pyridine rings is 1. The largest absolute Gasteiger partial charge is 0.351 e. The summed E-state index contributed by atoms with van der Waals surface area (Å²) in [5.74, 6) is 0.415. The summed E-state index contributed by atoms with van der Waals surface area (Å²) < 4.78 is 21.4. The lowest BCUT2D eigenvalue weighted by atomic mass is 10.0. The maximum Gasteiger partial charge on any atom is 0.259 e. The number of rotatable bonds is 4. The molecule has 0 spiro atoms. The Kier molecular flexibility index (Phi) is 5.94. The smallest absolute Gasteiger partial charge is 0.259 e. The SMILES string of the molecule is Cc1ccc2nc(N3CCS(O)(O)c4ccccc4C3)cc(NC(=O)C(C)(C)N=[N+]=N)c2c1. The molecule has 0 unspecified atom stereocenters. The number of amides is 1. The first-order valence-electron chi connectivity index (χ1n) is 10.5. The van der Waals surface area contributed by atoms with E-state index in [1.165, 1.54) is 0 Å². The van der Waals surface area contributed by atoms with Crippen molar-refractivity contribution in [1.29, 1.82) is 5.53 Å². The normalized spacial score (nSPS) is 16.3. The second-order valence-corrected chi connectivity index (χ2v) is 10.8. The lowest BCUT2D eigenvalue weighted by molar-refractivity contribution is -0.120. The molecule has 2 aromatic carbocycles. The maximum atomic E-state index is 12.9. The molecule has 1 amide bonds. The van der Waals surface area contributed by atoms with Crippen LogP contribution in [0.15, 0.2) is 58.5 Å². The van der Waals surface area contributed by atoms with Gasteiger partial charge in [0.2, 0.25) is 10.5 Å². The summed E-state index contributed by atoms with van der Waals surface area (Å²) in [6.07, 6.45) is 0. The zero-order chi connectivity index (χ0) is 23.8. The Bertz CT molecular complexity index is 1290. The monoisotopic (exact) mass is 467 g/mol. The second kappa shape index (κ2) is 8.57. The topological polar surface area (TPSA) is 136 Å². The average Bonchev–Trinajstić information content (AvgIpc) is 2.90. The van der Waals surface area contributed by atoms with Crippen LogP contribution < -0.4 is 15.1 Å². The number of aryl methyl sites for hydroxylation is 1. The van der Waals surface area contributed by atoms with Crippen molar-refractivity contribution in [1.82, 2.24) is 9.90 Å². The predicted molar refractivity (Wildman–Crippen MR) is 130 cm³/mol. The van der Waals surface area contributed by atoms with Gasteiger partial charge >= 0.3 is 0 Å². The molecule has 9 nitrogen and oxygen atoms in total. The molecule has 1 aromatic heterocycles. The number of carbonyl (C=O) groups is 1. The number of hydrogen-bond donors (Lipinski definition) is 4. The van der Waals surface area contributed by atoms with E-state index in [-0.39, 0.29) is 5.75 Å². The van der Waals surface area contributed by atoms with Gasteiger partial charge in [-0.2, -0.15) is 10.6 Å². The summed E-state index contributed by atoms with van der Waals surface area (Å²) >= 11 is 0. The zero-order valence-corrected chi connectivity index (χ0v) is 19.6. The van der Waals surface area contributed by atoms with E-state index in [1.807, 2.05) is 48.2 Å². The number of nitrogens with one attached hydrogen (secondary N) is 2. The zero-order valence-electron chi connectivity index (χ0n) is 18.7. The van der Waals surface area contributed by atoms with E-state index in [9.17, 15) is 13.9 Å². The van der Waals surface area contributed by atoms with Crippen LogP contribution in [0, 0.1) is 12.5 Å². The lowest BCUT2D eigenvalue weighted by Crippen LogP contribution is -2.35. The van der Waals surface area contributed by atoms with Gasteiger partial charge in [-0.15, -0.1) is 0 Å². The molecule has 4 rings (SSSR count). The van der Waals surface area contributed by atoms with Crippen LogP contribution >= 0.6 is 10.6 Å². The summed E-state index contributed by atoms with van der Waals surface area (Å²) in [4.78, 5) is 23.3. The summed E-state index contributed by atoms with van der Waals surface area (Å²) in [6.45, 7) is 6.00. The molecule has 0 bridgehead atoms. The maximum absolute atomic E-state index is 12.9. The van der Waals surface area contributed by atoms with Crippen LogP contribution in [0.1, 0.15) is 25.0 Å². The standard InChI is InChI=1S/C23H26N6O3S/c1-15-8-9-18-17(12-15)19(26-22(30)23(2,3)27-28-24)13-21(25-18)29-10-11-33(31,32)20-7-5-4-6-16(20)14-29/h4-9,12-13,24H,10-11,14H2,1-3H3,(H2-,25,26,30,31,32)/p+1. The van der Waals surface area contributed by atoms with Crippen molar-refractivity contribution in [2.75, 3.05) is 22.5 Å². The number of carbonyl (C=O) groups excluding carboxylic acids is 1. The van der Waals surface area contributed by atoms with Gasteiger partial charge in [0.05, 0.1) is 21.9 Å². The van der Waals surface area contributed by atoms with Gasteiger partial charge in [-0.05, 0) is 44.5 Å². The Morgan fingerprint density at radius 2 is 2.00 bits per heavy atom. The molecular formula is C23H27N6O3S+. The van der Waals surface area contributed by atoms with E-state index in [0.29, 0.717) is 35.0 Å². The fourth-order valence-corrected chi connectivity index (χ4v) is 5.36. The first kappa shape index (κ1) is 22.9. The van der Waals surface area contributed by atoms with E-state index in [1.54, 1.807) is 26.0 Å². The number of anilines is 2. The van der Waals surface area contributed by atoms with Crippen LogP contribution in [0.4, 0.5) is 11.5 Å². The third-order valence-electron chi connectivity index (χ3n) is 5.71. The summed E-state index contributed by atoms with van der Waals surface area (Å²) in [5.41, 5.74) is 8.92. The number of hydrogen-bond acceptors (Lipinski definition) is 7. The minimum atomic E-state index is -2.90. The van der Waals surface area contributed by atoms with E-state index in [4.69, 9.17) is 10.5 Å². The Labute approximate surface area is 193 Å². The minimum Gasteiger partial charge on any atom is -0.351 e. The van der Waals surface area contributed by atoms with Gasteiger partial charge in [-0.25, -0.2) is 4.98 Å². The molecular weight excluding hydrogens is 440 g/mol. The molecule has 0 saturated heterocycles. The van der Waals surface area contributed by atoms with Gasteiger partial charge < -0.3 is 10.2 Å². The molecule has 0 saturated carbocycles. The third kappa shape index (κ3) is 4.60. The van der Waals surface area contributed by atoms with Gasteiger partial charge in [0, 0.05) is 24.5 Å².